The van der Waals surface area contributed by atoms with Gasteiger partial charge in [0.25, 0.3) is 0 Å². The van der Waals surface area contributed by atoms with Crippen LogP contribution in [0, 0.1) is 5.82 Å². The van der Waals surface area contributed by atoms with Crippen molar-refractivity contribution in [3.05, 3.63) is 35.1 Å². The summed E-state index contributed by atoms with van der Waals surface area (Å²) in [6.07, 6.45) is -10.8. The predicted molar refractivity (Wildman–Crippen MR) is 83.8 cm³/mol. The third-order valence-corrected chi connectivity index (χ3v) is 3.70. The number of benzene rings is 1. The molecule has 0 aromatic heterocycles. The maximum Gasteiger partial charge on any atom is 0.416 e. The molecule has 146 valence electrons. The van der Waals surface area contributed by atoms with Gasteiger partial charge in [-0.1, -0.05) is 0 Å². The predicted octanol–water partition coefficient (Wildman–Crippen LogP) is 4.59. The zero-order valence-corrected chi connectivity index (χ0v) is 14.4. The van der Waals surface area contributed by atoms with Crippen LogP contribution in [-0.4, -0.2) is 37.3 Å². The number of alkyl halides is 6. The number of rotatable bonds is 3. The maximum atomic E-state index is 14.0. The highest BCUT2D eigenvalue weighted by molar-refractivity contribution is 5.85. The Morgan fingerprint density at radius 3 is 2.04 bits per heavy atom. The molecule has 0 saturated carbocycles. The zero-order chi connectivity index (χ0) is 17.3. The molecule has 1 saturated heterocycles. The highest BCUT2D eigenvalue weighted by Gasteiger charge is 2.38. The van der Waals surface area contributed by atoms with Gasteiger partial charge >= 0.3 is 12.4 Å². The standard InChI is InChI=1S/C14H15F7N2.2ClH/c15-11-2-1-9(14(19,20)21)7-10(11)12(8-13(16,17)18)23-5-3-22-4-6-23;;/h1-2,7,12,22H,3-6,8H2;2*1H/t12-;;/m0../s1. The van der Waals surface area contributed by atoms with E-state index in [1.807, 2.05) is 0 Å². The fraction of sp³-hybridized carbons (Fsp3) is 0.571. The van der Waals surface area contributed by atoms with E-state index in [1.165, 1.54) is 4.90 Å². The summed E-state index contributed by atoms with van der Waals surface area (Å²) in [7, 11) is 0. The average Bonchev–Trinajstić information content (AvgIpc) is 2.44. The van der Waals surface area contributed by atoms with Gasteiger partial charge in [-0.05, 0) is 18.2 Å². The molecular formula is C14H17Cl2F7N2. The van der Waals surface area contributed by atoms with E-state index in [0.717, 1.165) is 0 Å². The third-order valence-electron chi connectivity index (χ3n) is 3.70. The van der Waals surface area contributed by atoms with Crippen LogP contribution in [0.5, 0.6) is 0 Å². The van der Waals surface area contributed by atoms with E-state index in [1.54, 1.807) is 0 Å². The molecule has 25 heavy (non-hydrogen) atoms. The smallest absolute Gasteiger partial charge is 0.314 e. The second-order valence-electron chi connectivity index (χ2n) is 5.36. The van der Waals surface area contributed by atoms with E-state index < -0.39 is 41.8 Å². The maximum absolute atomic E-state index is 14.0. The molecule has 1 aromatic carbocycles. The molecule has 2 rings (SSSR count). The first-order valence-electron chi connectivity index (χ1n) is 6.96. The number of nitrogens with zero attached hydrogens (tertiary/aromatic N) is 1. The molecule has 1 aromatic rings. The molecule has 1 heterocycles. The van der Waals surface area contributed by atoms with Gasteiger partial charge < -0.3 is 5.32 Å². The van der Waals surface area contributed by atoms with Crippen molar-refractivity contribution in [3.8, 4) is 0 Å². The summed E-state index contributed by atoms with van der Waals surface area (Å²) in [5.74, 6) is -1.06. The van der Waals surface area contributed by atoms with Crippen molar-refractivity contribution >= 4 is 24.8 Å². The molecule has 1 fully saturated rings. The SMILES string of the molecule is Cl.Cl.Fc1ccc(C(F)(F)F)cc1[C@H](CC(F)(F)F)N1CCNCC1. The highest BCUT2D eigenvalue weighted by Crippen LogP contribution is 2.38. The van der Waals surface area contributed by atoms with E-state index in [-0.39, 0.29) is 37.9 Å². The van der Waals surface area contributed by atoms with Crippen LogP contribution in [0.1, 0.15) is 23.6 Å². The van der Waals surface area contributed by atoms with Gasteiger partial charge in [-0.25, -0.2) is 4.39 Å². The lowest BCUT2D eigenvalue weighted by Gasteiger charge is -2.36. The van der Waals surface area contributed by atoms with Gasteiger partial charge in [0, 0.05) is 37.8 Å². The lowest BCUT2D eigenvalue weighted by atomic mass is 9.98. The van der Waals surface area contributed by atoms with Gasteiger partial charge in [0.15, 0.2) is 0 Å². The van der Waals surface area contributed by atoms with Crippen molar-refractivity contribution < 1.29 is 30.7 Å². The van der Waals surface area contributed by atoms with Gasteiger partial charge in [0.1, 0.15) is 5.82 Å². The van der Waals surface area contributed by atoms with Crippen LogP contribution in [-0.2, 0) is 6.18 Å². The second kappa shape index (κ2) is 9.25. The third kappa shape index (κ3) is 6.80. The number of piperazine rings is 1. The fourth-order valence-electron chi connectivity index (χ4n) is 2.62. The molecule has 0 amide bonds. The lowest BCUT2D eigenvalue weighted by molar-refractivity contribution is -0.149. The van der Waals surface area contributed by atoms with Crippen LogP contribution in [0.15, 0.2) is 18.2 Å². The first-order chi connectivity index (χ1) is 10.6. The van der Waals surface area contributed by atoms with Crippen molar-refractivity contribution in [2.75, 3.05) is 26.2 Å². The average molecular weight is 417 g/mol. The Kier molecular flexibility index (Phi) is 8.96. The summed E-state index contributed by atoms with van der Waals surface area (Å²) in [5.41, 5.74) is -1.73. The van der Waals surface area contributed by atoms with Crippen LogP contribution in [0.4, 0.5) is 30.7 Å². The summed E-state index contributed by atoms with van der Waals surface area (Å²) >= 11 is 0. The first-order valence-corrected chi connectivity index (χ1v) is 6.96. The fourth-order valence-corrected chi connectivity index (χ4v) is 2.62. The van der Waals surface area contributed by atoms with Gasteiger partial charge in [-0.3, -0.25) is 4.90 Å². The van der Waals surface area contributed by atoms with Gasteiger partial charge in [0.05, 0.1) is 12.0 Å². The topological polar surface area (TPSA) is 15.3 Å². The molecular weight excluding hydrogens is 400 g/mol. The van der Waals surface area contributed by atoms with E-state index in [9.17, 15) is 30.7 Å². The van der Waals surface area contributed by atoms with E-state index in [4.69, 9.17) is 0 Å². The normalized spacial score (nSPS) is 17.4. The Labute approximate surface area is 152 Å². The van der Waals surface area contributed by atoms with Gasteiger partial charge in [0.2, 0.25) is 0 Å². The van der Waals surface area contributed by atoms with Gasteiger partial charge in [-0.2, -0.15) is 26.3 Å². The van der Waals surface area contributed by atoms with Crippen molar-refractivity contribution in [3.63, 3.8) is 0 Å². The molecule has 0 bridgehead atoms. The molecule has 0 spiro atoms. The molecule has 0 unspecified atom stereocenters. The minimum atomic E-state index is -4.74. The Morgan fingerprint density at radius 2 is 1.56 bits per heavy atom. The number of hydrogen-bond acceptors (Lipinski definition) is 2. The van der Waals surface area contributed by atoms with Crippen LogP contribution >= 0.6 is 24.8 Å². The molecule has 1 aliphatic rings. The molecule has 1 N–H and O–H groups in total. The Bertz CT molecular complexity index is 543. The number of halogens is 9. The van der Waals surface area contributed by atoms with Crippen molar-refractivity contribution in [1.82, 2.24) is 10.2 Å². The van der Waals surface area contributed by atoms with E-state index in [2.05, 4.69) is 5.32 Å². The summed E-state index contributed by atoms with van der Waals surface area (Å²) in [4.78, 5) is 1.36. The molecule has 2 nitrogen and oxygen atoms in total. The van der Waals surface area contributed by atoms with E-state index in [0.29, 0.717) is 31.3 Å². The van der Waals surface area contributed by atoms with Crippen LogP contribution in [0.2, 0.25) is 0 Å². The molecule has 1 aliphatic heterocycles. The largest absolute Gasteiger partial charge is 0.416 e. The van der Waals surface area contributed by atoms with Gasteiger partial charge in [-0.15, -0.1) is 24.8 Å². The minimum Gasteiger partial charge on any atom is -0.314 e. The Morgan fingerprint density at radius 1 is 1.00 bits per heavy atom. The van der Waals surface area contributed by atoms with Crippen LogP contribution < -0.4 is 5.32 Å². The summed E-state index contributed by atoms with van der Waals surface area (Å²) in [6, 6.07) is 0.109. The summed E-state index contributed by atoms with van der Waals surface area (Å²) < 4.78 is 90.8. The Balaban J connectivity index is 0.00000288. The van der Waals surface area contributed by atoms with Crippen LogP contribution in [0.3, 0.4) is 0 Å². The quantitative estimate of drug-likeness (QED) is 0.725. The molecule has 11 heteroatoms. The van der Waals surface area contributed by atoms with Crippen molar-refractivity contribution in [1.29, 1.82) is 0 Å². The molecule has 0 aliphatic carbocycles. The number of nitrogens with one attached hydrogen (secondary N) is 1. The van der Waals surface area contributed by atoms with Crippen molar-refractivity contribution in [2.45, 2.75) is 24.8 Å². The van der Waals surface area contributed by atoms with E-state index >= 15 is 0 Å². The summed E-state index contributed by atoms with van der Waals surface area (Å²) in [6.45, 7) is 1.21. The van der Waals surface area contributed by atoms with Crippen molar-refractivity contribution in [2.24, 2.45) is 0 Å². The molecule has 0 radical (unpaired) electrons. The zero-order valence-electron chi connectivity index (χ0n) is 12.8. The Hall–Kier alpha value is -0.770. The highest BCUT2D eigenvalue weighted by atomic mass is 35.5. The number of hydrogen-bond donors (Lipinski definition) is 1. The minimum absolute atomic E-state index is 0. The lowest BCUT2D eigenvalue weighted by Crippen LogP contribution is -2.46. The molecule has 1 atom stereocenters. The second-order valence-corrected chi connectivity index (χ2v) is 5.36. The van der Waals surface area contributed by atoms with Crippen LogP contribution in [0.25, 0.3) is 0 Å². The monoisotopic (exact) mass is 416 g/mol. The first kappa shape index (κ1) is 24.2. The summed E-state index contributed by atoms with van der Waals surface area (Å²) in [5, 5.41) is 2.94.